The zero-order valence-electron chi connectivity index (χ0n) is 10.1. The fourth-order valence-corrected chi connectivity index (χ4v) is 1.50. The standard InChI is InChI=1S/C12H11F3N2O3/c1-2-3-9(7-18)16-10-5-4-8(12(13,14)15)6-11(10)17(19)20/h1,4-6,9,16,18H,3,7H2/t9-/m1/s1. The summed E-state index contributed by atoms with van der Waals surface area (Å²) in [6.45, 7) is -0.400. The van der Waals surface area contributed by atoms with Crippen molar-refractivity contribution < 1.29 is 23.2 Å². The van der Waals surface area contributed by atoms with E-state index in [-0.39, 0.29) is 12.1 Å². The molecule has 0 unspecified atom stereocenters. The monoisotopic (exact) mass is 288 g/mol. The molecule has 1 aromatic rings. The van der Waals surface area contributed by atoms with E-state index in [1.54, 1.807) is 0 Å². The summed E-state index contributed by atoms with van der Waals surface area (Å²) < 4.78 is 37.5. The second kappa shape index (κ2) is 6.25. The second-order valence-electron chi connectivity index (χ2n) is 3.92. The number of halogens is 3. The Labute approximate surface area is 112 Å². The Morgan fingerprint density at radius 1 is 1.50 bits per heavy atom. The molecule has 0 fully saturated rings. The average Bonchev–Trinajstić information content (AvgIpc) is 2.36. The summed E-state index contributed by atoms with van der Waals surface area (Å²) in [4.78, 5) is 9.90. The maximum Gasteiger partial charge on any atom is 0.416 e. The highest BCUT2D eigenvalue weighted by Crippen LogP contribution is 2.35. The molecule has 20 heavy (non-hydrogen) atoms. The van der Waals surface area contributed by atoms with Crippen molar-refractivity contribution in [1.29, 1.82) is 0 Å². The Kier molecular flexibility index (Phi) is 4.94. The van der Waals surface area contributed by atoms with Crippen molar-refractivity contribution >= 4 is 11.4 Å². The number of terminal acetylenes is 1. The quantitative estimate of drug-likeness (QED) is 0.495. The van der Waals surface area contributed by atoms with E-state index in [0.29, 0.717) is 6.07 Å². The topological polar surface area (TPSA) is 75.4 Å². The Hall–Kier alpha value is -2.27. The van der Waals surface area contributed by atoms with E-state index < -0.39 is 35.0 Å². The van der Waals surface area contributed by atoms with Crippen molar-refractivity contribution in [2.75, 3.05) is 11.9 Å². The number of nitro benzene ring substituents is 1. The van der Waals surface area contributed by atoms with Crippen molar-refractivity contribution in [3.8, 4) is 12.3 Å². The third-order valence-corrected chi connectivity index (χ3v) is 2.47. The van der Waals surface area contributed by atoms with Gasteiger partial charge in [-0.25, -0.2) is 0 Å². The Bertz CT molecular complexity index is 538. The first-order valence-electron chi connectivity index (χ1n) is 5.46. The first kappa shape index (κ1) is 15.8. The van der Waals surface area contributed by atoms with Crippen LogP contribution < -0.4 is 5.32 Å². The summed E-state index contributed by atoms with van der Waals surface area (Å²) in [6.07, 6.45) is 0.464. The van der Waals surface area contributed by atoms with Gasteiger partial charge in [-0.3, -0.25) is 10.1 Å². The lowest BCUT2D eigenvalue weighted by molar-refractivity contribution is -0.384. The lowest BCUT2D eigenvalue weighted by Gasteiger charge is -2.16. The van der Waals surface area contributed by atoms with Gasteiger partial charge in [-0.05, 0) is 12.1 Å². The van der Waals surface area contributed by atoms with E-state index in [2.05, 4.69) is 11.2 Å². The predicted octanol–water partition coefficient (Wildman–Crippen LogP) is 2.41. The Balaban J connectivity index is 3.14. The molecular formula is C12H11F3N2O3. The smallest absolute Gasteiger partial charge is 0.394 e. The predicted molar refractivity (Wildman–Crippen MR) is 66.0 cm³/mol. The van der Waals surface area contributed by atoms with E-state index in [0.717, 1.165) is 12.1 Å². The maximum absolute atomic E-state index is 12.5. The zero-order chi connectivity index (χ0) is 15.3. The van der Waals surface area contributed by atoms with Crippen LogP contribution in [0.15, 0.2) is 18.2 Å². The van der Waals surface area contributed by atoms with Gasteiger partial charge in [0.1, 0.15) is 5.69 Å². The number of aliphatic hydroxyl groups is 1. The number of hydrogen-bond donors (Lipinski definition) is 2. The molecule has 0 bridgehead atoms. The van der Waals surface area contributed by atoms with Crippen LogP contribution in [-0.2, 0) is 6.18 Å². The summed E-state index contributed by atoms with van der Waals surface area (Å²) in [7, 11) is 0. The Morgan fingerprint density at radius 3 is 2.60 bits per heavy atom. The number of anilines is 1. The number of nitrogens with zero attached hydrogens (tertiary/aromatic N) is 1. The van der Waals surface area contributed by atoms with Crippen LogP contribution in [0, 0.1) is 22.5 Å². The van der Waals surface area contributed by atoms with Crippen LogP contribution in [0.5, 0.6) is 0 Å². The molecule has 0 aliphatic rings. The van der Waals surface area contributed by atoms with Crippen LogP contribution in [0.25, 0.3) is 0 Å². The van der Waals surface area contributed by atoms with Gasteiger partial charge in [-0.2, -0.15) is 13.2 Å². The molecule has 0 heterocycles. The highest BCUT2D eigenvalue weighted by molar-refractivity contribution is 5.63. The average molecular weight is 288 g/mol. The third kappa shape index (κ3) is 3.86. The van der Waals surface area contributed by atoms with Gasteiger partial charge in [0.25, 0.3) is 5.69 Å². The van der Waals surface area contributed by atoms with Crippen LogP contribution in [0.2, 0.25) is 0 Å². The normalized spacial score (nSPS) is 12.6. The SMILES string of the molecule is C#CC[C@H](CO)Nc1ccc(C(F)(F)F)cc1[N+](=O)[O-]. The minimum atomic E-state index is -4.67. The van der Waals surface area contributed by atoms with Gasteiger partial charge in [0, 0.05) is 12.5 Å². The summed E-state index contributed by atoms with van der Waals surface area (Å²) in [5, 5.41) is 22.4. The van der Waals surface area contributed by atoms with Crippen molar-refractivity contribution in [3.63, 3.8) is 0 Å². The molecular weight excluding hydrogens is 277 g/mol. The molecule has 0 saturated heterocycles. The molecule has 0 aliphatic heterocycles. The minimum Gasteiger partial charge on any atom is -0.394 e. The molecule has 2 N–H and O–H groups in total. The Morgan fingerprint density at radius 2 is 2.15 bits per heavy atom. The first-order chi connectivity index (χ1) is 9.29. The summed E-state index contributed by atoms with van der Waals surface area (Å²) >= 11 is 0. The number of benzene rings is 1. The number of nitro groups is 1. The molecule has 1 rings (SSSR count). The number of nitrogens with one attached hydrogen (secondary N) is 1. The van der Waals surface area contributed by atoms with Crippen molar-refractivity contribution in [3.05, 3.63) is 33.9 Å². The van der Waals surface area contributed by atoms with Gasteiger partial charge in [0.05, 0.1) is 23.1 Å². The molecule has 1 aromatic carbocycles. The fraction of sp³-hybridized carbons (Fsp3) is 0.333. The van der Waals surface area contributed by atoms with Crippen molar-refractivity contribution in [2.24, 2.45) is 0 Å². The summed E-state index contributed by atoms with van der Waals surface area (Å²) in [5.41, 5.74) is -1.97. The summed E-state index contributed by atoms with van der Waals surface area (Å²) in [6, 6.07) is 1.43. The van der Waals surface area contributed by atoms with E-state index in [4.69, 9.17) is 11.5 Å². The number of rotatable bonds is 5. The van der Waals surface area contributed by atoms with E-state index in [9.17, 15) is 23.3 Å². The molecule has 0 saturated carbocycles. The first-order valence-corrected chi connectivity index (χ1v) is 5.46. The van der Waals surface area contributed by atoms with Crippen LogP contribution in [-0.4, -0.2) is 22.7 Å². The van der Waals surface area contributed by atoms with Gasteiger partial charge in [-0.15, -0.1) is 12.3 Å². The molecule has 8 heteroatoms. The zero-order valence-corrected chi connectivity index (χ0v) is 10.1. The molecule has 0 radical (unpaired) electrons. The molecule has 5 nitrogen and oxygen atoms in total. The molecule has 1 atom stereocenters. The highest BCUT2D eigenvalue weighted by atomic mass is 19.4. The maximum atomic E-state index is 12.5. The fourth-order valence-electron chi connectivity index (χ4n) is 1.50. The van der Waals surface area contributed by atoms with Crippen LogP contribution in [0.4, 0.5) is 24.5 Å². The van der Waals surface area contributed by atoms with E-state index in [1.807, 2.05) is 0 Å². The second-order valence-corrected chi connectivity index (χ2v) is 3.92. The lowest BCUT2D eigenvalue weighted by Crippen LogP contribution is -2.23. The highest BCUT2D eigenvalue weighted by Gasteiger charge is 2.33. The summed E-state index contributed by atoms with van der Waals surface area (Å²) in [5.74, 6) is 2.25. The lowest BCUT2D eigenvalue weighted by atomic mass is 10.1. The molecule has 0 aromatic heterocycles. The molecule has 0 spiro atoms. The molecule has 0 amide bonds. The van der Waals surface area contributed by atoms with Crippen LogP contribution in [0.1, 0.15) is 12.0 Å². The molecule has 108 valence electrons. The molecule has 0 aliphatic carbocycles. The minimum absolute atomic E-state index is 0.0781. The van der Waals surface area contributed by atoms with Crippen LogP contribution in [0.3, 0.4) is 0 Å². The van der Waals surface area contributed by atoms with Crippen molar-refractivity contribution in [2.45, 2.75) is 18.6 Å². The van der Waals surface area contributed by atoms with Crippen molar-refractivity contribution in [1.82, 2.24) is 0 Å². The number of hydrogen-bond acceptors (Lipinski definition) is 4. The van der Waals surface area contributed by atoms with Crippen LogP contribution >= 0.6 is 0 Å². The van der Waals surface area contributed by atoms with Gasteiger partial charge >= 0.3 is 6.18 Å². The van der Waals surface area contributed by atoms with Gasteiger partial charge in [0.2, 0.25) is 0 Å². The van der Waals surface area contributed by atoms with E-state index >= 15 is 0 Å². The largest absolute Gasteiger partial charge is 0.416 e. The van der Waals surface area contributed by atoms with E-state index in [1.165, 1.54) is 0 Å². The number of alkyl halides is 3. The van der Waals surface area contributed by atoms with Gasteiger partial charge in [0.15, 0.2) is 0 Å². The van der Waals surface area contributed by atoms with Gasteiger partial charge < -0.3 is 10.4 Å². The number of aliphatic hydroxyl groups excluding tert-OH is 1. The van der Waals surface area contributed by atoms with Gasteiger partial charge in [-0.1, -0.05) is 0 Å². The third-order valence-electron chi connectivity index (χ3n) is 2.47.